The van der Waals surface area contributed by atoms with Crippen molar-refractivity contribution < 1.29 is 9.84 Å². The summed E-state index contributed by atoms with van der Waals surface area (Å²) in [6.45, 7) is 12.5. The molecule has 0 aliphatic heterocycles. The van der Waals surface area contributed by atoms with Crippen LogP contribution in [0.25, 0.3) is 0 Å². The van der Waals surface area contributed by atoms with Crippen molar-refractivity contribution in [3.05, 3.63) is 28.3 Å². The topological polar surface area (TPSA) is 41.5 Å². The Kier molecular flexibility index (Phi) is 5.39. The number of aliphatic hydroxyl groups is 1. The summed E-state index contributed by atoms with van der Waals surface area (Å²) in [7, 11) is 1.72. The van der Waals surface area contributed by atoms with Gasteiger partial charge in [-0.25, -0.2) is 0 Å². The van der Waals surface area contributed by atoms with Gasteiger partial charge in [0.2, 0.25) is 0 Å². The van der Waals surface area contributed by atoms with Crippen LogP contribution in [0.1, 0.15) is 36.1 Å². The number of hydrogen-bond acceptors (Lipinski definition) is 3. The third kappa shape index (κ3) is 3.48. The molecule has 0 unspecified atom stereocenters. The Balaban J connectivity index is 3.13. The lowest BCUT2D eigenvalue weighted by molar-refractivity contribution is 0.286. The smallest absolute Gasteiger partial charge is 0.124 e. The van der Waals surface area contributed by atoms with Crippen LogP contribution < -0.4 is 10.1 Å². The summed E-state index contributed by atoms with van der Waals surface area (Å²) >= 11 is 0. The normalized spacial score (nSPS) is 11.7. The van der Waals surface area contributed by atoms with E-state index in [-0.39, 0.29) is 12.0 Å². The quantitative estimate of drug-likeness (QED) is 0.776. The Bertz CT molecular complexity index is 439. The number of benzene rings is 1. The van der Waals surface area contributed by atoms with Gasteiger partial charge in [0.05, 0.1) is 13.7 Å². The largest absolute Gasteiger partial charge is 0.496 e. The second kappa shape index (κ2) is 6.40. The molecule has 0 amide bonds. The predicted molar refractivity (Wildman–Crippen MR) is 80.2 cm³/mol. The second-order valence-electron chi connectivity index (χ2n) is 5.81. The third-order valence-corrected chi connectivity index (χ3v) is 3.81. The monoisotopic (exact) mass is 265 g/mol. The fourth-order valence-electron chi connectivity index (χ4n) is 2.65. The maximum atomic E-state index is 8.87. The summed E-state index contributed by atoms with van der Waals surface area (Å²) < 4.78 is 5.47. The van der Waals surface area contributed by atoms with Gasteiger partial charge in [0.1, 0.15) is 5.75 Å². The maximum Gasteiger partial charge on any atom is 0.124 e. The molecule has 0 heterocycles. The minimum Gasteiger partial charge on any atom is -0.496 e. The van der Waals surface area contributed by atoms with E-state index in [0.717, 1.165) is 12.3 Å². The van der Waals surface area contributed by atoms with E-state index in [2.05, 4.69) is 46.0 Å². The van der Waals surface area contributed by atoms with Crippen LogP contribution in [-0.4, -0.2) is 31.9 Å². The highest BCUT2D eigenvalue weighted by molar-refractivity contribution is 5.51. The molecule has 1 rings (SSSR count). The third-order valence-electron chi connectivity index (χ3n) is 3.81. The van der Waals surface area contributed by atoms with E-state index >= 15 is 0 Å². The fourth-order valence-corrected chi connectivity index (χ4v) is 2.65. The predicted octanol–water partition coefficient (Wildman–Crippen LogP) is 2.48. The van der Waals surface area contributed by atoms with E-state index in [0.29, 0.717) is 6.54 Å². The summed E-state index contributed by atoms with van der Waals surface area (Å²) in [6.07, 6.45) is 0. The fraction of sp³-hybridized carbons (Fsp3) is 0.625. The minimum atomic E-state index is 0.0288. The summed E-state index contributed by atoms with van der Waals surface area (Å²) in [5.74, 6) is 0.986. The number of rotatable bonds is 6. The molecule has 2 N–H and O–H groups in total. The Hall–Kier alpha value is -1.06. The highest BCUT2D eigenvalue weighted by Crippen LogP contribution is 2.34. The van der Waals surface area contributed by atoms with Crippen molar-refractivity contribution in [1.82, 2.24) is 5.32 Å². The molecule has 0 saturated heterocycles. The van der Waals surface area contributed by atoms with E-state index in [4.69, 9.17) is 9.84 Å². The van der Waals surface area contributed by atoms with Gasteiger partial charge in [0, 0.05) is 18.5 Å². The van der Waals surface area contributed by atoms with Gasteiger partial charge in [0.15, 0.2) is 0 Å². The Labute approximate surface area is 117 Å². The lowest BCUT2D eigenvalue weighted by Gasteiger charge is -2.29. The van der Waals surface area contributed by atoms with Gasteiger partial charge in [-0.2, -0.15) is 0 Å². The number of nitrogens with one attached hydrogen (secondary N) is 1. The van der Waals surface area contributed by atoms with Crippen molar-refractivity contribution in [2.45, 2.75) is 40.0 Å². The standard InChI is InChI=1S/C16H27NO2/c1-11-9-14(12(2)13(3)15(11)19-6)16(4,5)10-17-7-8-18/h9,17-18H,7-8,10H2,1-6H3. The zero-order valence-corrected chi connectivity index (χ0v) is 13.1. The highest BCUT2D eigenvalue weighted by atomic mass is 16.5. The molecule has 0 atom stereocenters. The SMILES string of the molecule is COc1c(C)cc(C(C)(C)CNCCO)c(C)c1C. The van der Waals surface area contributed by atoms with E-state index in [1.807, 2.05) is 0 Å². The number of methoxy groups -OCH3 is 1. The average molecular weight is 265 g/mol. The first-order chi connectivity index (χ1) is 8.85. The summed E-state index contributed by atoms with van der Waals surface area (Å²) in [5.41, 5.74) is 5.05. The van der Waals surface area contributed by atoms with E-state index in [1.54, 1.807) is 7.11 Å². The van der Waals surface area contributed by atoms with E-state index < -0.39 is 0 Å². The van der Waals surface area contributed by atoms with Crippen molar-refractivity contribution >= 4 is 0 Å². The first-order valence-corrected chi connectivity index (χ1v) is 6.82. The van der Waals surface area contributed by atoms with Crippen LogP contribution in [0.2, 0.25) is 0 Å². The minimum absolute atomic E-state index is 0.0288. The molecule has 0 radical (unpaired) electrons. The molecule has 0 saturated carbocycles. The Morgan fingerprint density at radius 3 is 2.37 bits per heavy atom. The lowest BCUT2D eigenvalue weighted by atomic mass is 9.79. The van der Waals surface area contributed by atoms with Crippen LogP contribution >= 0.6 is 0 Å². The zero-order chi connectivity index (χ0) is 14.6. The van der Waals surface area contributed by atoms with E-state index in [9.17, 15) is 0 Å². The number of aryl methyl sites for hydroxylation is 1. The van der Waals surface area contributed by atoms with Crippen LogP contribution in [0.3, 0.4) is 0 Å². The van der Waals surface area contributed by atoms with Gasteiger partial charge in [-0.1, -0.05) is 19.9 Å². The van der Waals surface area contributed by atoms with Gasteiger partial charge in [-0.15, -0.1) is 0 Å². The Morgan fingerprint density at radius 2 is 1.84 bits per heavy atom. The molecule has 0 fully saturated rings. The molecule has 19 heavy (non-hydrogen) atoms. The van der Waals surface area contributed by atoms with E-state index in [1.165, 1.54) is 22.3 Å². The van der Waals surface area contributed by atoms with Gasteiger partial charge >= 0.3 is 0 Å². The second-order valence-corrected chi connectivity index (χ2v) is 5.81. The first-order valence-electron chi connectivity index (χ1n) is 6.82. The van der Waals surface area contributed by atoms with Crippen molar-refractivity contribution in [2.75, 3.05) is 26.8 Å². The average Bonchev–Trinajstić information content (AvgIpc) is 2.34. The molecule has 0 aromatic heterocycles. The molecule has 108 valence electrons. The van der Waals surface area contributed by atoms with Crippen molar-refractivity contribution in [2.24, 2.45) is 0 Å². The van der Waals surface area contributed by atoms with Crippen LogP contribution in [0.15, 0.2) is 6.07 Å². The number of aliphatic hydroxyl groups excluding tert-OH is 1. The molecule has 0 aliphatic rings. The molecule has 0 aliphatic carbocycles. The first kappa shape index (κ1) is 16.0. The summed E-state index contributed by atoms with van der Waals surface area (Å²) in [6, 6.07) is 2.22. The summed E-state index contributed by atoms with van der Waals surface area (Å²) in [4.78, 5) is 0. The van der Waals surface area contributed by atoms with Crippen molar-refractivity contribution in [3.63, 3.8) is 0 Å². The highest BCUT2D eigenvalue weighted by Gasteiger charge is 2.24. The maximum absolute atomic E-state index is 8.87. The molecule has 0 spiro atoms. The van der Waals surface area contributed by atoms with Crippen LogP contribution in [0.5, 0.6) is 5.75 Å². The molecule has 1 aromatic rings. The molecular weight excluding hydrogens is 238 g/mol. The van der Waals surface area contributed by atoms with Crippen LogP contribution in [0, 0.1) is 20.8 Å². The van der Waals surface area contributed by atoms with Crippen molar-refractivity contribution in [1.29, 1.82) is 0 Å². The van der Waals surface area contributed by atoms with Crippen molar-refractivity contribution in [3.8, 4) is 5.75 Å². The Morgan fingerprint density at radius 1 is 1.21 bits per heavy atom. The molecule has 0 bridgehead atoms. The van der Waals surface area contributed by atoms with Crippen LogP contribution in [0.4, 0.5) is 0 Å². The molecule has 3 nitrogen and oxygen atoms in total. The summed E-state index contributed by atoms with van der Waals surface area (Å²) in [5, 5.41) is 12.2. The number of ether oxygens (including phenoxy) is 1. The van der Waals surface area contributed by atoms with Crippen LogP contribution in [-0.2, 0) is 5.41 Å². The van der Waals surface area contributed by atoms with Gasteiger partial charge in [-0.3, -0.25) is 0 Å². The van der Waals surface area contributed by atoms with Gasteiger partial charge < -0.3 is 15.2 Å². The van der Waals surface area contributed by atoms with Gasteiger partial charge in [0.25, 0.3) is 0 Å². The molecule has 3 heteroatoms. The number of hydrogen-bond donors (Lipinski definition) is 2. The molecule has 1 aromatic carbocycles. The lowest BCUT2D eigenvalue weighted by Crippen LogP contribution is -2.35. The molecular formula is C16H27NO2. The van der Waals surface area contributed by atoms with Gasteiger partial charge in [-0.05, 0) is 43.0 Å². The zero-order valence-electron chi connectivity index (χ0n) is 13.1.